The molecule has 0 bridgehead atoms. The number of hydrogen-bond donors (Lipinski definition) is 0. The molecule has 0 aromatic carbocycles. The molecule has 1 rings (SSSR count). The molecule has 1 atom stereocenters. The molecule has 64 valence electrons. The summed E-state index contributed by atoms with van der Waals surface area (Å²) in [4.78, 5) is 11.4. The first-order valence-corrected chi connectivity index (χ1v) is 4.18. The molecular weight excluding hydrogens is 148 g/mol. The van der Waals surface area contributed by atoms with Crippen LogP contribution in [0.15, 0.2) is 36.5 Å². The molecule has 0 N–H and O–H groups in total. The van der Waals surface area contributed by atoms with E-state index in [4.69, 9.17) is 0 Å². The minimum atomic E-state index is 0.0353. The summed E-state index contributed by atoms with van der Waals surface area (Å²) in [5, 5.41) is 0. The highest BCUT2D eigenvalue weighted by Gasteiger charge is 2.19. The van der Waals surface area contributed by atoms with Gasteiger partial charge in [-0.15, -0.1) is 6.58 Å². The van der Waals surface area contributed by atoms with Gasteiger partial charge in [-0.3, -0.25) is 4.79 Å². The van der Waals surface area contributed by atoms with E-state index in [1.54, 1.807) is 12.2 Å². The van der Waals surface area contributed by atoms with Gasteiger partial charge >= 0.3 is 0 Å². The Kier molecular flexibility index (Phi) is 2.64. The van der Waals surface area contributed by atoms with E-state index in [2.05, 4.69) is 13.2 Å². The molecule has 1 nitrogen and oxygen atoms in total. The van der Waals surface area contributed by atoms with Gasteiger partial charge in [-0.1, -0.05) is 18.2 Å². The molecular formula is C11H14O. The SMILES string of the molecule is C=C[C@H]1CCC(C(=C)C)=CC1=O. The molecule has 1 aliphatic carbocycles. The molecule has 0 spiro atoms. The Bertz CT molecular complexity index is 258. The van der Waals surface area contributed by atoms with Crippen LogP contribution < -0.4 is 0 Å². The van der Waals surface area contributed by atoms with Gasteiger partial charge in [0.25, 0.3) is 0 Å². The largest absolute Gasteiger partial charge is 0.294 e. The molecule has 0 radical (unpaired) electrons. The maximum atomic E-state index is 11.4. The van der Waals surface area contributed by atoms with E-state index >= 15 is 0 Å². The average Bonchev–Trinajstić information content (AvgIpc) is 2.04. The van der Waals surface area contributed by atoms with Crippen molar-refractivity contribution in [3.05, 3.63) is 36.5 Å². The Balaban J connectivity index is 2.81. The van der Waals surface area contributed by atoms with Crippen LogP contribution in [0.2, 0.25) is 0 Å². The van der Waals surface area contributed by atoms with Crippen molar-refractivity contribution in [1.29, 1.82) is 0 Å². The van der Waals surface area contributed by atoms with E-state index in [0.29, 0.717) is 0 Å². The summed E-state index contributed by atoms with van der Waals surface area (Å²) in [5.41, 5.74) is 2.10. The Morgan fingerprint density at radius 3 is 2.83 bits per heavy atom. The van der Waals surface area contributed by atoms with Crippen molar-refractivity contribution in [2.24, 2.45) is 5.92 Å². The Labute approximate surface area is 73.5 Å². The van der Waals surface area contributed by atoms with Gasteiger partial charge < -0.3 is 0 Å². The fraction of sp³-hybridized carbons (Fsp3) is 0.364. The second-order valence-corrected chi connectivity index (χ2v) is 3.23. The molecule has 0 fully saturated rings. The molecule has 12 heavy (non-hydrogen) atoms. The van der Waals surface area contributed by atoms with Gasteiger partial charge in [0.15, 0.2) is 5.78 Å². The summed E-state index contributed by atoms with van der Waals surface area (Å²) >= 11 is 0. The summed E-state index contributed by atoms with van der Waals surface area (Å²) in [7, 11) is 0. The van der Waals surface area contributed by atoms with Crippen molar-refractivity contribution in [3.8, 4) is 0 Å². The minimum absolute atomic E-state index is 0.0353. The Hall–Kier alpha value is -1.11. The van der Waals surface area contributed by atoms with Gasteiger partial charge in [0.2, 0.25) is 0 Å². The zero-order chi connectivity index (χ0) is 9.14. The summed E-state index contributed by atoms with van der Waals surface area (Å²) in [6.45, 7) is 9.39. The number of ketones is 1. The van der Waals surface area contributed by atoms with Crippen molar-refractivity contribution >= 4 is 5.78 Å². The van der Waals surface area contributed by atoms with Crippen LogP contribution in [0, 0.1) is 5.92 Å². The summed E-state index contributed by atoms with van der Waals surface area (Å²) in [6, 6.07) is 0. The number of carbonyl (C=O) groups excluding carboxylic acids is 1. The van der Waals surface area contributed by atoms with E-state index in [1.807, 2.05) is 6.92 Å². The first-order valence-electron chi connectivity index (χ1n) is 4.18. The van der Waals surface area contributed by atoms with Crippen LogP contribution in [0.25, 0.3) is 0 Å². The van der Waals surface area contributed by atoms with Crippen molar-refractivity contribution in [1.82, 2.24) is 0 Å². The van der Waals surface area contributed by atoms with Gasteiger partial charge in [-0.2, -0.15) is 0 Å². The van der Waals surface area contributed by atoms with Crippen LogP contribution >= 0.6 is 0 Å². The number of hydrogen-bond acceptors (Lipinski definition) is 1. The van der Waals surface area contributed by atoms with E-state index in [-0.39, 0.29) is 11.7 Å². The number of rotatable bonds is 2. The fourth-order valence-electron chi connectivity index (χ4n) is 1.37. The zero-order valence-electron chi connectivity index (χ0n) is 7.47. The van der Waals surface area contributed by atoms with Crippen molar-refractivity contribution in [2.45, 2.75) is 19.8 Å². The molecule has 1 aliphatic rings. The van der Waals surface area contributed by atoms with Crippen molar-refractivity contribution < 1.29 is 4.79 Å². The average molecular weight is 162 g/mol. The van der Waals surface area contributed by atoms with Crippen LogP contribution in [0.1, 0.15) is 19.8 Å². The minimum Gasteiger partial charge on any atom is -0.294 e. The van der Waals surface area contributed by atoms with Gasteiger partial charge in [0.1, 0.15) is 0 Å². The summed E-state index contributed by atoms with van der Waals surface area (Å²) in [6.07, 6.45) is 5.28. The van der Waals surface area contributed by atoms with Gasteiger partial charge in [0, 0.05) is 5.92 Å². The lowest BCUT2D eigenvalue weighted by Gasteiger charge is -2.17. The molecule has 0 aromatic heterocycles. The van der Waals surface area contributed by atoms with E-state index in [1.165, 1.54) is 0 Å². The number of allylic oxidation sites excluding steroid dienone is 4. The normalized spacial score (nSPS) is 23.2. The monoisotopic (exact) mass is 162 g/mol. The van der Waals surface area contributed by atoms with E-state index in [0.717, 1.165) is 24.0 Å². The van der Waals surface area contributed by atoms with Gasteiger partial charge in [-0.05, 0) is 31.4 Å². The fourth-order valence-corrected chi connectivity index (χ4v) is 1.37. The van der Waals surface area contributed by atoms with Crippen molar-refractivity contribution in [2.75, 3.05) is 0 Å². The zero-order valence-corrected chi connectivity index (χ0v) is 7.47. The maximum absolute atomic E-state index is 11.4. The molecule has 0 aromatic rings. The second kappa shape index (κ2) is 3.53. The highest BCUT2D eigenvalue weighted by molar-refractivity contribution is 5.95. The molecule has 1 heteroatoms. The predicted octanol–water partition coefficient (Wildman–Crippen LogP) is 2.65. The Morgan fingerprint density at radius 2 is 2.42 bits per heavy atom. The third-order valence-electron chi connectivity index (χ3n) is 2.24. The summed E-state index contributed by atoms with van der Waals surface area (Å²) in [5.74, 6) is 0.211. The highest BCUT2D eigenvalue weighted by Crippen LogP contribution is 2.25. The quantitative estimate of drug-likeness (QED) is 0.570. The summed E-state index contributed by atoms with van der Waals surface area (Å²) < 4.78 is 0. The molecule has 0 saturated heterocycles. The number of carbonyl (C=O) groups is 1. The van der Waals surface area contributed by atoms with Crippen molar-refractivity contribution in [3.63, 3.8) is 0 Å². The first kappa shape index (κ1) is 8.98. The van der Waals surface area contributed by atoms with Crippen LogP contribution in [-0.2, 0) is 4.79 Å². The van der Waals surface area contributed by atoms with Gasteiger partial charge in [-0.25, -0.2) is 0 Å². The molecule has 0 heterocycles. The first-order chi connectivity index (χ1) is 5.65. The van der Waals surface area contributed by atoms with Crippen LogP contribution in [0.5, 0.6) is 0 Å². The predicted molar refractivity (Wildman–Crippen MR) is 50.8 cm³/mol. The van der Waals surface area contributed by atoms with E-state index < -0.39 is 0 Å². The lowest BCUT2D eigenvalue weighted by molar-refractivity contribution is -0.117. The lowest BCUT2D eigenvalue weighted by Crippen LogP contribution is -2.15. The van der Waals surface area contributed by atoms with Gasteiger partial charge in [0.05, 0.1) is 0 Å². The topological polar surface area (TPSA) is 17.1 Å². The van der Waals surface area contributed by atoms with E-state index in [9.17, 15) is 4.79 Å². The van der Waals surface area contributed by atoms with Crippen LogP contribution in [0.4, 0.5) is 0 Å². The van der Waals surface area contributed by atoms with Crippen LogP contribution in [-0.4, -0.2) is 5.78 Å². The Morgan fingerprint density at radius 1 is 1.75 bits per heavy atom. The standard InChI is InChI=1S/C11H14O/c1-4-9-5-6-10(8(2)3)7-11(9)12/h4,7,9H,1-2,5-6H2,3H3/t9-/m0/s1. The third kappa shape index (κ3) is 1.73. The molecule has 0 unspecified atom stereocenters. The maximum Gasteiger partial charge on any atom is 0.162 e. The third-order valence-corrected chi connectivity index (χ3v) is 2.24. The molecule has 0 saturated carbocycles. The molecule has 0 amide bonds. The molecule has 0 aliphatic heterocycles. The smallest absolute Gasteiger partial charge is 0.162 e. The highest BCUT2D eigenvalue weighted by atomic mass is 16.1. The van der Waals surface area contributed by atoms with Crippen LogP contribution in [0.3, 0.4) is 0 Å². The lowest BCUT2D eigenvalue weighted by atomic mass is 9.86. The second-order valence-electron chi connectivity index (χ2n) is 3.23.